The second kappa shape index (κ2) is 10.9. The molecule has 2 aromatic rings. The van der Waals surface area contributed by atoms with E-state index in [0.717, 1.165) is 0 Å². The molecule has 0 saturated carbocycles. The first-order valence-electron chi connectivity index (χ1n) is 9.37. The standard InChI is InChI=1S/C21H26N2O8S/c1-22(31-5)32(26,27)19-8-6-7-16(11-19)21(25)23(14-20(24)30-4)13-15-9-17(28-2)12-18(10-15)29-3/h6-12H,13-14H2,1-5H3. The van der Waals surface area contributed by atoms with Crippen molar-refractivity contribution in [3.8, 4) is 11.5 Å². The van der Waals surface area contributed by atoms with Crippen LogP contribution < -0.4 is 9.47 Å². The number of hydrogen-bond donors (Lipinski definition) is 0. The van der Waals surface area contributed by atoms with Crippen molar-refractivity contribution in [1.29, 1.82) is 0 Å². The maximum Gasteiger partial charge on any atom is 0.325 e. The van der Waals surface area contributed by atoms with E-state index in [9.17, 15) is 18.0 Å². The van der Waals surface area contributed by atoms with Gasteiger partial charge in [0.05, 0.1) is 33.3 Å². The fourth-order valence-corrected chi connectivity index (χ4v) is 3.84. The van der Waals surface area contributed by atoms with Gasteiger partial charge in [-0.05, 0) is 35.9 Å². The fraction of sp³-hybridized carbons (Fsp3) is 0.333. The summed E-state index contributed by atoms with van der Waals surface area (Å²) in [6.45, 7) is -0.319. The van der Waals surface area contributed by atoms with Crippen molar-refractivity contribution >= 4 is 21.9 Å². The third-order valence-corrected chi connectivity index (χ3v) is 6.27. The van der Waals surface area contributed by atoms with Crippen molar-refractivity contribution in [1.82, 2.24) is 9.37 Å². The van der Waals surface area contributed by atoms with Gasteiger partial charge in [0.15, 0.2) is 0 Å². The van der Waals surface area contributed by atoms with E-state index in [-0.39, 0.29) is 23.5 Å². The van der Waals surface area contributed by atoms with Crippen LogP contribution in [0.15, 0.2) is 47.4 Å². The van der Waals surface area contributed by atoms with Crippen LogP contribution in [-0.4, -0.2) is 71.7 Å². The Morgan fingerprint density at radius 3 is 2.09 bits per heavy atom. The van der Waals surface area contributed by atoms with E-state index in [2.05, 4.69) is 0 Å². The van der Waals surface area contributed by atoms with Crippen LogP contribution in [0, 0.1) is 0 Å². The number of nitrogens with zero attached hydrogens (tertiary/aromatic N) is 2. The van der Waals surface area contributed by atoms with Gasteiger partial charge in [-0.2, -0.15) is 0 Å². The molecule has 0 heterocycles. The number of esters is 1. The number of carbonyl (C=O) groups excluding carboxylic acids is 2. The summed E-state index contributed by atoms with van der Waals surface area (Å²) >= 11 is 0. The molecule has 0 radical (unpaired) electrons. The van der Waals surface area contributed by atoms with Crippen LogP contribution in [-0.2, 0) is 30.9 Å². The number of ether oxygens (including phenoxy) is 3. The number of carbonyl (C=O) groups is 2. The smallest absolute Gasteiger partial charge is 0.325 e. The Morgan fingerprint density at radius 2 is 1.56 bits per heavy atom. The summed E-state index contributed by atoms with van der Waals surface area (Å²) in [4.78, 5) is 31.1. The second-order valence-corrected chi connectivity index (χ2v) is 8.52. The molecule has 0 aliphatic heterocycles. The molecule has 0 aliphatic carbocycles. The van der Waals surface area contributed by atoms with Gasteiger partial charge >= 0.3 is 5.97 Å². The number of hydrogen-bond acceptors (Lipinski definition) is 8. The Bertz CT molecular complexity index is 1050. The average Bonchev–Trinajstić information content (AvgIpc) is 2.81. The molecule has 2 rings (SSSR count). The molecular weight excluding hydrogens is 440 g/mol. The molecule has 0 N–H and O–H groups in total. The summed E-state index contributed by atoms with van der Waals surface area (Å²) < 4.78 is 41.0. The summed E-state index contributed by atoms with van der Waals surface area (Å²) in [5.41, 5.74) is 0.718. The topological polar surface area (TPSA) is 112 Å². The average molecular weight is 467 g/mol. The Hall–Kier alpha value is -3.15. The normalized spacial score (nSPS) is 11.2. The van der Waals surface area contributed by atoms with E-state index in [0.29, 0.717) is 21.5 Å². The molecule has 10 nitrogen and oxygen atoms in total. The van der Waals surface area contributed by atoms with E-state index in [1.165, 1.54) is 64.7 Å². The molecule has 0 atom stereocenters. The number of sulfonamides is 1. The first kappa shape index (κ1) is 25.1. The van der Waals surface area contributed by atoms with Crippen LogP contribution in [0.1, 0.15) is 15.9 Å². The predicted molar refractivity (Wildman–Crippen MR) is 115 cm³/mol. The number of amides is 1. The Labute approximate surface area is 187 Å². The van der Waals surface area contributed by atoms with Crippen LogP contribution in [0.3, 0.4) is 0 Å². The molecule has 32 heavy (non-hydrogen) atoms. The van der Waals surface area contributed by atoms with E-state index < -0.39 is 21.9 Å². The van der Waals surface area contributed by atoms with Crippen LogP contribution in [0.5, 0.6) is 11.5 Å². The largest absolute Gasteiger partial charge is 0.497 e. The lowest BCUT2D eigenvalue weighted by atomic mass is 10.1. The van der Waals surface area contributed by atoms with Crippen LogP contribution in [0.25, 0.3) is 0 Å². The third-order valence-electron chi connectivity index (χ3n) is 4.59. The van der Waals surface area contributed by atoms with Crippen LogP contribution in [0.4, 0.5) is 0 Å². The molecule has 0 saturated heterocycles. The molecule has 0 aromatic heterocycles. The number of benzene rings is 2. The number of rotatable bonds is 10. The summed E-state index contributed by atoms with van der Waals surface area (Å²) in [6.07, 6.45) is 0. The highest BCUT2D eigenvalue weighted by Crippen LogP contribution is 2.24. The second-order valence-electron chi connectivity index (χ2n) is 6.58. The first-order valence-corrected chi connectivity index (χ1v) is 10.8. The van der Waals surface area contributed by atoms with Gasteiger partial charge in [-0.25, -0.2) is 8.42 Å². The van der Waals surface area contributed by atoms with Crippen molar-refractivity contribution in [3.63, 3.8) is 0 Å². The van der Waals surface area contributed by atoms with Crippen molar-refractivity contribution in [2.24, 2.45) is 0 Å². The van der Waals surface area contributed by atoms with E-state index in [1.807, 2.05) is 0 Å². The van der Waals surface area contributed by atoms with Crippen molar-refractivity contribution in [3.05, 3.63) is 53.6 Å². The molecule has 0 aliphatic rings. The monoisotopic (exact) mass is 466 g/mol. The van der Waals surface area contributed by atoms with E-state index in [1.54, 1.807) is 18.2 Å². The first-order chi connectivity index (χ1) is 15.2. The zero-order valence-corrected chi connectivity index (χ0v) is 19.3. The summed E-state index contributed by atoms with van der Waals surface area (Å²) in [6, 6.07) is 10.6. The van der Waals surface area contributed by atoms with Gasteiger partial charge in [-0.3, -0.25) is 14.4 Å². The van der Waals surface area contributed by atoms with Gasteiger partial charge < -0.3 is 19.1 Å². The van der Waals surface area contributed by atoms with Gasteiger partial charge in [-0.15, -0.1) is 0 Å². The minimum Gasteiger partial charge on any atom is -0.497 e. The Morgan fingerprint density at radius 1 is 0.938 bits per heavy atom. The van der Waals surface area contributed by atoms with E-state index >= 15 is 0 Å². The minimum atomic E-state index is -3.96. The van der Waals surface area contributed by atoms with Gasteiger partial charge in [0, 0.05) is 25.2 Å². The van der Waals surface area contributed by atoms with Gasteiger partial charge in [0.25, 0.3) is 15.9 Å². The molecular formula is C21H26N2O8S. The maximum absolute atomic E-state index is 13.2. The minimum absolute atomic E-state index is 0.0243. The molecule has 1 amide bonds. The lowest BCUT2D eigenvalue weighted by Crippen LogP contribution is -2.36. The maximum atomic E-state index is 13.2. The van der Waals surface area contributed by atoms with Crippen molar-refractivity contribution < 1.29 is 37.1 Å². The highest BCUT2D eigenvalue weighted by molar-refractivity contribution is 7.89. The number of methoxy groups -OCH3 is 3. The van der Waals surface area contributed by atoms with Crippen LogP contribution >= 0.6 is 0 Å². The summed E-state index contributed by atoms with van der Waals surface area (Å²) in [5, 5.41) is 0. The third kappa shape index (κ3) is 5.96. The van der Waals surface area contributed by atoms with Crippen molar-refractivity contribution in [2.45, 2.75) is 11.4 Å². The Kier molecular flexibility index (Phi) is 8.58. The zero-order chi connectivity index (χ0) is 23.9. The van der Waals surface area contributed by atoms with Crippen molar-refractivity contribution in [2.75, 3.05) is 42.0 Å². The summed E-state index contributed by atoms with van der Waals surface area (Å²) in [7, 11) is 2.71. The molecule has 174 valence electrons. The molecule has 2 aromatic carbocycles. The Balaban J connectivity index is 2.43. The number of hydroxylamine groups is 1. The van der Waals surface area contributed by atoms with Gasteiger partial charge in [-0.1, -0.05) is 10.5 Å². The zero-order valence-electron chi connectivity index (χ0n) is 18.5. The predicted octanol–water partition coefficient (Wildman–Crippen LogP) is 1.70. The highest BCUT2D eigenvalue weighted by atomic mass is 32.2. The molecule has 0 spiro atoms. The SMILES string of the molecule is COC(=O)CN(Cc1cc(OC)cc(OC)c1)C(=O)c1cccc(S(=O)(=O)N(C)OC)c1. The molecule has 0 unspecified atom stereocenters. The van der Waals surface area contributed by atoms with Crippen LogP contribution in [0.2, 0.25) is 0 Å². The fourth-order valence-electron chi connectivity index (χ4n) is 2.82. The quantitative estimate of drug-likeness (QED) is 0.384. The molecule has 11 heteroatoms. The molecule has 0 bridgehead atoms. The van der Waals surface area contributed by atoms with Gasteiger partial charge in [0.1, 0.15) is 18.0 Å². The summed E-state index contributed by atoms with van der Waals surface area (Å²) in [5.74, 6) is -0.161. The van der Waals surface area contributed by atoms with E-state index in [4.69, 9.17) is 19.0 Å². The lowest BCUT2D eigenvalue weighted by Gasteiger charge is -2.23. The van der Waals surface area contributed by atoms with Gasteiger partial charge in [0.2, 0.25) is 0 Å². The molecule has 0 fully saturated rings. The highest BCUT2D eigenvalue weighted by Gasteiger charge is 2.25. The lowest BCUT2D eigenvalue weighted by molar-refractivity contribution is -0.141.